The lowest BCUT2D eigenvalue weighted by atomic mass is 9.74. The van der Waals surface area contributed by atoms with E-state index in [0.29, 0.717) is 0 Å². The summed E-state index contributed by atoms with van der Waals surface area (Å²) in [7, 11) is 0. The molecule has 1 aliphatic heterocycles. The number of fused-ring (bicyclic) bond motifs is 11. The van der Waals surface area contributed by atoms with E-state index in [2.05, 4.69) is 220 Å². The highest BCUT2D eigenvalue weighted by atomic mass is 15.2. The summed E-state index contributed by atoms with van der Waals surface area (Å²) in [6.07, 6.45) is 3.80. The monoisotopic (exact) mass is 851 g/mol. The first-order chi connectivity index (χ1) is 32.0. The zero-order valence-electron chi connectivity index (χ0n) is 38.1. The highest BCUT2D eigenvalue weighted by Gasteiger charge is 2.39. The van der Waals surface area contributed by atoms with Gasteiger partial charge < -0.3 is 4.57 Å². The Hall–Kier alpha value is -7.76. The molecule has 0 atom stereocenters. The number of anilines is 6. The Bertz CT molecular complexity index is 3630. The molecule has 3 aromatic heterocycles. The highest BCUT2D eigenvalue weighted by molar-refractivity contribution is 6.14. The third-order valence-electron chi connectivity index (χ3n) is 15.2. The van der Waals surface area contributed by atoms with Crippen molar-refractivity contribution >= 4 is 56.2 Å². The van der Waals surface area contributed by atoms with Gasteiger partial charge >= 0.3 is 0 Å². The molecule has 0 fully saturated rings. The molecule has 0 N–H and O–H groups in total. The molecule has 13 rings (SSSR count). The van der Waals surface area contributed by atoms with E-state index in [1.807, 2.05) is 24.5 Å². The van der Waals surface area contributed by atoms with Gasteiger partial charge in [-0.25, -0.2) is 9.97 Å². The maximum atomic E-state index is 5.05. The molecule has 0 spiro atoms. The summed E-state index contributed by atoms with van der Waals surface area (Å²) in [5.41, 5.74) is 20.5. The summed E-state index contributed by atoms with van der Waals surface area (Å²) in [6, 6.07) is 64.9. The molecule has 5 nitrogen and oxygen atoms in total. The molecule has 0 radical (unpaired) electrons. The van der Waals surface area contributed by atoms with Crippen LogP contribution in [0.4, 0.5) is 34.4 Å². The van der Waals surface area contributed by atoms with E-state index in [1.165, 1.54) is 83.1 Å². The lowest BCUT2D eigenvalue weighted by molar-refractivity contribution is 0.630. The van der Waals surface area contributed by atoms with E-state index in [1.54, 1.807) is 0 Å². The second-order valence-corrected chi connectivity index (χ2v) is 19.9. The van der Waals surface area contributed by atoms with Crippen molar-refractivity contribution in [3.63, 3.8) is 0 Å². The van der Waals surface area contributed by atoms with Crippen molar-refractivity contribution in [2.24, 2.45) is 0 Å². The van der Waals surface area contributed by atoms with Gasteiger partial charge in [0.15, 0.2) is 0 Å². The SMILES string of the molecule is CC1(C)c2ccccc2-c2ccc(N(c3ccc4c(c3)c3cc(N(c5ccc6c(c5)C(C)(C)c5ccccc5-6)c5ccccn5)cc5c3n4-c3ccccc3C5(C)C)c3ccccn3)cc21. The quantitative estimate of drug-likeness (QED) is 0.167. The van der Waals surface area contributed by atoms with E-state index >= 15 is 0 Å². The van der Waals surface area contributed by atoms with Crippen LogP contribution in [-0.2, 0) is 16.2 Å². The molecule has 0 unspecified atom stereocenters. The van der Waals surface area contributed by atoms with Crippen LogP contribution in [-0.4, -0.2) is 14.5 Å². The van der Waals surface area contributed by atoms with Gasteiger partial charge in [-0.2, -0.15) is 0 Å². The van der Waals surface area contributed by atoms with Gasteiger partial charge in [-0.3, -0.25) is 9.80 Å². The van der Waals surface area contributed by atoms with Gasteiger partial charge in [0.2, 0.25) is 0 Å². The van der Waals surface area contributed by atoms with Crippen molar-refractivity contribution in [2.45, 2.75) is 57.8 Å². The molecule has 66 heavy (non-hydrogen) atoms. The van der Waals surface area contributed by atoms with Crippen LogP contribution in [0.15, 0.2) is 188 Å². The van der Waals surface area contributed by atoms with Gasteiger partial charge in [0.25, 0.3) is 0 Å². The Morgan fingerprint density at radius 3 is 1.38 bits per heavy atom. The zero-order valence-corrected chi connectivity index (χ0v) is 38.1. The average Bonchev–Trinajstić information content (AvgIpc) is 3.88. The van der Waals surface area contributed by atoms with Gasteiger partial charge in [0.05, 0.1) is 16.7 Å². The zero-order chi connectivity index (χ0) is 44.7. The summed E-state index contributed by atoms with van der Waals surface area (Å²) in [6.45, 7) is 14.2. The van der Waals surface area contributed by atoms with Crippen LogP contribution in [0, 0.1) is 0 Å². The number of pyridine rings is 2. The van der Waals surface area contributed by atoms with Crippen molar-refractivity contribution in [1.82, 2.24) is 14.5 Å². The Labute approximate surface area is 386 Å². The molecule has 10 aromatic rings. The third kappa shape index (κ3) is 5.28. The number of hydrogen-bond donors (Lipinski definition) is 0. The number of benzene rings is 7. The molecule has 0 amide bonds. The lowest BCUT2D eigenvalue weighted by Gasteiger charge is -2.36. The van der Waals surface area contributed by atoms with Gasteiger partial charge in [0.1, 0.15) is 11.6 Å². The molecular formula is C61H49N5. The predicted octanol–water partition coefficient (Wildman–Crippen LogP) is 15.8. The maximum absolute atomic E-state index is 5.05. The van der Waals surface area contributed by atoms with Crippen molar-refractivity contribution < 1.29 is 0 Å². The minimum atomic E-state index is -0.301. The first kappa shape index (κ1) is 38.7. The minimum Gasteiger partial charge on any atom is -0.309 e. The Morgan fingerprint density at radius 2 is 0.803 bits per heavy atom. The van der Waals surface area contributed by atoms with Gasteiger partial charge in [-0.05, 0) is 141 Å². The fraction of sp³-hybridized carbons (Fsp3) is 0.148. The lowest BCUT2D eigenvalue weighted by Crippen LogP contribution is -2.26. The normalized spacial score (nSPS) is 15.2. The molecule has 318 valence electrons. The van der Waals surface area contributed by atoms with Crippen LogP contribution in [0.3, 0.4) is 0 Å². The second kappa shape index (κ2) is 13.6. The molecule has 0 bridgehead atoms. The number of nitrogens with zero attached hydrogens (tertiary/aromatic N) is 5. The van der Waals surface area contributed by atoms with Gasteiger partial charge in [-0.1, -0.05) is 133 Å². The topological polar surface area (TPSA) is 37.2 Å². The Morgan fingerprint density at radius 1 is 0.364 bits per heavy atom. The summed E-state index contributed by atoms with van der Waals surface area (Å²) in [5.74, 6) is 1.74. The molecule has 2 aliphatic carbocycles. The summed E-state index contributed by atoms with van der Waals surface area (Å²) < 4.78 is 2.51. The summed E-state index contributed by atoms with van der Waals surface area (Å²) >= 11 is 0. The molecule has 7 aromatic carbocycles. The van der Waals surface area contributed by atoms with E-state index in [9.17, 15) is 0 Å². The fourth-order valence-electron chi connectivity index (χ4n) is 11.9. The fourth-order valence-corrected chi connectivity index (χ4v) is 11.9. The van der Waals surface area contributed by atoms with E-state index in [4.69, 9.17) is 9.97 Å². The Kier molecular flexibility index (Phi) is 7.99. The van der Waals surface area contributed by atoms with Crippen LogP contribution >= 0.6 is 0 Å². The van der Waals surface area contributed by atoms with Crippen molar-refractivity contribution in [3.05, 3.63) is 222 Å². The van der Waals surface area contributed by atoms with Gasteiger partial charge in [-0.15, -0.1) is 0 Å². The second-order valence-electron chi connectivity index (χ2n) is 19.9. The van der Waals surface area contributed by atoms with Gasteiger partial charge in [0, 0.05) is 62.2 Å². The molecule has 0 saturated carbocycles. The first-order valence-electron chi connectivity index (χ1n) is 23.2. The number of para-hydroxylation sites is 1. The molecular weight excluding hydrogens is 803 g/mol. The minimum absolute atomic E-state index is 0.143. The molecule has 3 aliphatic rings. The highest BCUT2D eigenvalue weighted by Crippen LogP contribution is 2.55. The van der Waals surface area contributed by atoms with Crippen LogP contribution in [0.25, 0.3) is 49.7 Å². The van der Waals surface area contributed by atoms with Crippen LogP contribution < -0.4 is 9.80 Å². The standard InChI is InChI=1S/C61H49N5/c1-59(2)48-19-9-7-17-42(48)44-28-25-39(35-51(44)59)64(56-23-13-15-31-62-56)38-27-30-54-46(33-38)47-34-41(37-53-58(47)66(54)55-22-12-11-21-50(55)61(53,5)6)65(57-24-14-16-32-63-57)40-26-29-45-43-18-8-10-20-49(43)60(3,4)52(45)36-40/h7-37H,1-6H3. The number of hydrogen-bond acceptors (Lipinski definition) is 4. The summed E-state index contributed by atoms with van der Waals surface area (Å²) in [4.78, 5) is 14.7. The van der Waals surface area contributed by atoms with Crippen molar-refractivity contribution in [1.29, 1.82) is 0 Å². The average molecular weight is 852 g/mol. The molecule has 0 saturated heterocycles. The Balaban J connectivity index is 1.06. The van der Waals surface area contributed by atoms with Crippen LogP contribution in [0.2, 0.25) is 0 Å². The summed E-state index contributed by atoms with van der Waals surface area (Å²) in [5, 5.41) is 2.38. The van der Waals surface area contributed by atoms with E-state index in [-0.39, 0.29) is 16.2 Å². The first-order valence-corrected chi connectivity index (χ1v) is 23.2. The third-order valence-corrected chi connectivity index (χ3v) is 15.2. The predicted molar refractivity (Wildman–Crippen MR) is 273 cm³/mol. The van der Waals surface area contributed by atoms with E-state index in [0.717, 1.165) is 34.4 Å². The van der Waals surface area contributed by atoms with Crippen LogP contribution in [0.5, 0.6) is 0 Å². The number of aromatic nitrogens is 3. The largest absolute Gasteiger partial charge is 0.309 e. The van der Waals surface area contributed by atoms with Crippen LogP contribution in [0.1, 0.15) is 74.9 Å². The van der Waals surface area contributed by atoms with Crippen molar-refractivity contribution in [2.75, 3.05) is 9.80 Å². The smallest absolute Gasteiger partial charge is 0.137 e. The van der Waals surface area contributed by atoms with Crippen molar-refractivity contribution in [3.8, 4) is 27.9 Å². The maximum Gasteiger partial charge on any atom is 0.137 e. The van der Waals surface area contributed by atoms with E-state index < -0.39 is 0 Å². The number of rotatable bonds is 6. The molecule has 4 heterocycles. The molecule has 5 heteroatoms.